The van der Waals surface area contributed by atoms with Crippen molar-refractivity contribution in [3.05, 3.63) is 17.7 Å². The van der Waals surface area contributed by atoms with E-state index in [9.17, 15) is 0 Å². The molecule has 0 unspecified atom stereocenters. The van der Waals surface area contributed by atoms with Crippen LogP contribution in [-0.2, 0) is 24.2 Å². The van der Waals surface area contributed by atoms with Gasteiger partial charge in [0.05, 0.1) is 12.3 Å². The Morgan fingerprint density at radius 1 is 1.33 bits per heavy atom. The van der Waals surface area contributed by atoms with E-state index >= 15 is 0 Å². The minimum atomic E-state index is 0.812. The topological polar surface area (TPSA) is 33.5 Å². The molecule has 0 N–H and O–H groups in total. The summed E-state index contributed by atoms with van der Waals surface area (Å²) in [6, 6.07) is 0. The van der Waals surface area contributed by atoms with Crippen LogP contribution in [0.5, 0.6) is 0 Å². The van der Waals surface area contributed by atoms with Crippen LogP contribution >= 0.6 is 0 Å². The molecule has 2 heterocycles. The third-order valence-electron chi connectivity index (χ3n) is 3.40. The molecule has 5 nitrogen and oxygen atoms in total. The lowest BCUT2D eigenvalue weighted by Crippen LogP contribution is -2.30. The first-order chi connectivity index (χ1) is 8.70. The Hall–Kier alpha value is -0.910. The Bertz CT molecular complexity index is 375. The van der Waals surface area contributed by atoms with Gasteiger partial charge >= 0.3 is 0 Å². The van der Waals surface area contributed by atoms with E-state index in [0.29, 0.717) is 0 Å². The third kappa shape index (κ3) is 3.31. The average Bonchev–Trinajstić information content (AvgIpc) is 2.58. The molecule has 0 aromatic carbocycles. The van der Waals surface area contributed by atoms with Gasteiger partial charge in [-0.15, -0.1) is 0 Å². The predicted octanol–water partition coefficient (Wildman–Crippen LogP) is 0.449. The SMILES string of the molecule is COCCN1CCc2ncc(CN(C)C)n2CC1. The number of hydrogen-bond donors (Lipinski definition) is 0. The molecule has 0 fully saturated rings. The summed E-state index contributed by atoms with van der Waals surface area (Å²) in [6.07, 6.45) is 3.07. The highest BCUT2D eigenvalue weighted by Gasteiger charge is 2.17. The lowest BCUT2D eigenvalue weighted by Gasteiger charge is -2.19. The summed E-state index contributed by atoms with van der Waals surface area (Å²) in [5.74, 6) is 1.23. The molecule has 0 amide bonds. The zero-order chi connectivity index (χ0) is 13.0. The molecule has 1 aliphatic rings. The van der Waals surface area contributed by atoms with Gasteiger partial charge in [0.2, 0.25) is 0 Å². The molecule has 0 aliphatic carbocycles. The molecule has 1 aromatic heterocycles. The molecule has 18 heavy (non-hydrogen) atoms. The minimum absolute atomic E-state index is 0.812. The molecule has 0 radical (unpaired) electrons. The van der Waals surface area contributed by atoms with Crippen LogP contribution in [0, 0.1) is 0 Å². The molecule has 102 valence electrons. The highest BCUT2D eigenvalue weighted by atomic mass is 16.5. The molecule has 0 saturated carbocycles. The smallest absolute Gasteiger partial charge is 0.110 e. The van der Waals surface area contributed by atoms with Crippen LogP contribution in [0.15, 0.2) is 6.20 Å². The van der Waals surface area contributed by atoms with Gasteiger partial charge in [0.15, 0.2) is 0 Å². The Kier molecular flexibility index (Phi) is 4.74. The summed E-state index contributed by atoms with van der Waals surface area (Å²) in [5.41, 5.74) is 1.32. The first-order valence-corrected chi connectivity index (χ1v) is 6.60. The number of methoxy groups -OCH3 is 1. The molecule has 1 aromatic rings. The van der Waals surface area contributed by atoms with Crippen molar-refractivity contribution >= 4 is 0 Å². The molecule has 0 spiro atoms. The lowest BCUT2D eigenvalue weighted by molar-refractivity contribution is 0.149. The Morgan fingerprint density at radius 3 is 2.89 bits per heavy atom. The zero-order valence-corrected chi connectivity index (χ0v) is 11.7. The first kappa shape index (κ1) is 13.5. The second kappa shape index (κ2) is 6.31. The fourth-order valence-electron chi connectivity index (χ4n) is 2.43. The summed E-state index contributed by atoms with van der Waals surface area (Å²) in [5, 5.41) is 0. The van der Waals surface area contributed by atoms with Crippen molar-refractivity contribution < 1.29 is 4.74 Å². The molecule has 0 saturated heterocycles. The maximum absolute atomic E-state index is 5.15. The Morgan fingerprint density at radius 2 is 2.17 bits per heavy atom. The quantitative estimate of drug-likeness (QED) is 0.762. The van der Waals surface area contributed by atoms with Gasteiger partial charge in [-0.3, -0.25) is 4.90 Å². The monoisotopic (exact) mass is 252 g/mol. The second-order valence-electron chi connectivity index (χ2n) is 5.14. The Balaban J connectivity index is 1.99. The third-order valence-corrected chi connectivity index (χ3v) is 3.40. The zero-order valence-electron chi connectivity index (χ0n) is 11.7. The molecule has 1 aliphatic heterocycles. The lowest BCUT2D eigenvalue weighted by atomic mass is 10.4. The predicted molar refractivity (Wildman–Crippen MR) is 71.6 cm³/mol. The summed E-state index contributed by atoms with van der Waals surface area (Å²) in [7, 11) is 5.96. The van der Waals surface area contributed by atoms with Gasteiger partial charge in [-0.1, -0.05) is 0 Å². The molecule has 5 heteroatoms. The fraction of sp³-hybridized carbons (Fsp3) is 0.769. The van der Waals surface area contributed by atoms with E-state index in [1.165, 1.54) is 11.5 Å². The van der Waals surface area contributed by atoms with Crippen LogP contribution in [0.2, 0.25) is 0 Å². The highest BCUT2D eigenvalue weighted by Crippen LogP contribution is 2.12. The molecule has 2 rings (SSSR count). The van der Waals surface area contributed by atoms with Gasteiger partial charge in [0.1, 0.15) is 5.82 Å². The van der Waals surface area contributed by atoms with Crippen molar-refractivity contribution in [2.24, 2.45) is 0 Å². The molecular weight excluding hydrogens is 228 g/mol. The van der Waals surface area contributed by atoms with Gasteiger partial charge in [-0.25, -0.2) is 4.98 Å². The first-order valence-electron chi connectivity index (χ1n) is 6.60. The maximum Gasteiger partial charge on any atom is 0.110 e. The van der Waals surface area contributed by atoms with Crippen molar-refractivity contribution in [1.29, 1.82) is 0 Å². The van der Waals surface area contributed by atoms with Crippen molar-refractivity contribution in [2.75, 3.05) is 47.4 Å². The van der Waals surface area contributed by atoms with Gasteiger partial charge in [-0.05, 0) is 14.1 Å². The molecule has 0 atom stereocenters. The maximum atomic E-state index is 5.15. The van der Waals surface area contributed by atoms with E-state index < -0.39 is 0 Å². The number of hydrogen-bond acceptors (Lipinski definition) is 4. The number of ether oxygens (including phenoxy) is 1. The van der Waals surface area contributed by atoms with Gasteiger partial charge in [0, 0.05) is 52.5 Å². The number of aromatic nitrogens is 2. The van der Waals surface area contributed by atoms with Crippen molar-refractivity contribution in [3.63, 3.8) is 0 Å². The number of nitrogens with zero attached hydrogens (tertiary/aromatic N) is 4. The van der Waals surface area contributed by atoms with Gasteiger partial charge < -0.3 is 14.2 Å². The van der Waals surface area contributed by atoms with Crippen LogP contribution in [-0.4, -0.2) is 66.8 Å². The van der Waals surface area contributed by atoms with Crippen molar-refractivity contribution in [2.45, 2.75) is 19.5 Å². The highest BCUT2D eigenvalue weighted by molar-refractivity contribution is 5.07. The average molecular weight is 252 g/mol. The number of rotatable bonds is 5. The van der Waals surface area contributed by atoms with E-state index in [2.05, 4.69) is 33.4 Å². The van der Waals surface area contributed by atoms with E-state index in [-0.39, 0.29) is 0 Å². The van der Waals surface area contributed by atoms with E-state index in [1.807, 2.05) is 6.20 Å². The standard InChI is InChI=1S/C13H24N4O/c1-15(2)11-12-10-14-13-4-5-16(8-9-18-3)6-7-17(12)13/h10H,4-9,11H2,1-3H3. The normalized spacial score (nSPS) is 16.9. The van der Waals surface area contributed by atoms with Crippen LogP contribution in [0.4, 0.5) is 0 Å². The van der Waals surface area contributed by atoms with Crippen LogP contribution < -0.4 is 0 Å². The largest absolute Gasteiger partial charge is 0.383 e. The number of imidazole rings is 1. The molecular formula is C13H24N4O. The van der Waals surface area contributed by atoms with Gasteiger partial charge in [0.25, 0.3) is 0 Å². The Labute approximate surface area is 109 Å². The summed E-state index contributed by atoms with van der Waals surface area (Å²) in [4.78, 5) is 9.21. The van der Waals surface area contributed by atoms with Gasteiger partial charge in [-0.2, -0.15) is 0 Å². The summed E-state index contributed by atoms with van der Waals surface area (Å²) in [6.45, 7) is 6.01. The van der Waals surface area contributed by atoms with Crippen LogP contribution in [0.25, 0.3) is 0 Å². The van der Waals surface area contributed by atoms with E-state index in [0.717, 1.165) is 45.8 Å². The van der Waals surface area contributed by atoms with E-state index in [1.54, 1.807) is 7.11 Å². The van der Waals surface area contributed by atoms with Crippen LogP contribution in [0.3, 0.4) is 0 Å². The van der Waals surface area contributed by atoms with Crippen LogP contribution in [0.1, 0.15) is 11.5 Å². The second-order valence-corrected chi connectivity index (χ2v) is 5.14. The molecule has 0 bridgehead atoms. The minimum Gasteiger partial charge on any atom is -0.383 e. The summed E-state index contributed by atoms with van der Waals surface area (Å²) >= 11 is 0. The van der Waals surface area contributed by atoms with Crippen molar-refractivity contribution in [1.82, 2.24) is 19.4 Å². The van der Waals surface area contributed by atoms with E-state index in [4.69, 9.17) is 4.74 Å². The summed E-state index contributed by atoms with van der Waals surface area (Å²) < 4.78 is 7.53. The fourth-order valence-corrected chi connectivity index (χ4v) is 2.43. The van der Waals surface area contributed by atoms with Crippen molar-refractivity contribution in [3.8, 4) is 0 Å². The number of fused-ring (bicyclic) bond motifs is 1.